The van der Waals surface area contributed by atoms with Crippen molar-refractivity contribution in [1.82, 2.24) is 19.8 Å². The minimum atomic E-state index is -0.322. The van der Waals surface area contributed by atoms with Crippen LogP contribution in [0.15, 0.2) is 34.2 Å². The smallest absolute Gasteiger partial charge is 0.257 e. The second kappa shape index (κ2) is 10.5. The van der Waals surface area contributed by atoms with Gasteiger partial charge >= 0.3 is 0 Å². The zero-order valence-corrected chi connectivity index (χ0v) is 18.5. The van der Waals surface area contributed by atoms with Crippen LogP contribution >= 0.6 is 11.8 Å². The standard InChI is InChI=1S/C21H29FN4O2S/c1-6-18(19(27)23-11-12-25(3)4)29-21-24-14(2)17(20(28)26(21)5)13-15-7-9-16(22)10-8-15/h7-10,18H,6,11-13H2,1-5H3,(H,23,27). The fraction of sp³-hybridized carbons (Fsp3) is 0.476. The molecule has 0 aliphatic carbocycles. The highest BCUT2D eigenvalue weighted by Gasteiger charge is 2.21. The number of benzene rings is 1. The summed E-state index contributed by atoms with van der Waals surface area (Å²) in [6.45, 7) is 5.07. The number of aryl methyl sites for hydroxylation is 1. The third-order valence-electron chi connectivity index (χ3n) is 4.61. The number of likely N-dealkylation sites (N-methyl/N-ethyl adjacent to an activating group) is 1. The van der Waals surface area contributed by atoms with E-state index in [1.54, 1.807) is 26.1 Å². The van der Waals surface area contributed by atoms with E-state index in [0.29, 0.717) is 35.8 Å². The first-order valence-electron chi connectivity index (χ1n) is 9.63. The first-order valence-corrected chi connectivity index (χ1v) is 10.5. The van der Waals surface area contributed by atoms with E-state index in [1.165, 1.54) is 28.5 Å². The lowest BCUT2D eigenvalue weighted by Crippen LogP contribution is -2.37. The van der Waals surface area contributed by atoms with Crippen molar-refractivity contribution in [3.8, 4) is 0 Å². The molecule has 0 saturated carbocycles. The van der Waals surface area contributed by atoms with Gasteiger partial charge in [0.2, 0.25) is 5.91 Å². The molecule has 1 aromatic heterocycles. The highest BCUT2D eigenvalue weighted by Crippen LogP contribution is 2.24. The maximum atomic E-state index is 13.1. The number of hydrogen-bond acceptors (Lipinski definition) is 5. The van der Waals surface area contributed by atoms with Crippen molar-refractivity contribution >= 4 is 17.7 Å². The predicted molar refractivity (Wildman–Crippen MR) is 115 cm³/mol. The molecule has 1 heterocycles. The lowest BCUT2D eigenvalue weighted by molar-refractivity contribution is -0.120. The van der Waals surface area contributed by atoms with Crippen molar-refractivity contribution < 1.29 is 9.18 Å². The summed E-state index contributed by atoms with van der Waals surface area (Å²) in [5, 5.41) is 3.13. The second-order valence-corrected chi connectivity index (χ2v) is 8.40. The van der Waals surface area contributed by atoms with Gasteiger partial charge in [0.15, 0.2) is 5.16 Å². The van der Waals surface area contributed by atoms with Crippen LogP contribution in [0.1, 0.15) is 30.2 Å². The highest BCUT2D eigenvalue weighted by atomic mass is 32.2. The Morgan fingerprint density at radius 2 is 1.97 bits per heavy atom. The van der Waals surface area contributed by atoms with E-state index in [2.05, 4.69) is 10.3 Å². The summed E-state index contributed by atoms with van der Waals surface area (Å²) in [6, 6.07) is 6.10. The van der Waals surface area contributed by atoms with Crippen LogP contribution in [0.25, 0.3) is 0 Å². The minimum absolute atomic E-state index is 0.0540. The zero-order chi connectivity index (χ0) is 21.6. The molecule has 6 nitrogen and oxygen atoms in total. The molecule has 8 heteroatoms. The lowest BCUT2D eigenvalue weighted by atomic mass is 10.1. The average molecular weight is 421 g/mol. The average Bonchev–Trinajstić information content (AvgIpc) is 2.68. The normalized spacial score (nSPS) is 12.2. The number of carbonyl (C=O) groups excluding carboxylic acids is 1. The van der Waals surface area contributed by atoms with Gasteiger partial charge in [0.1, 0.15) is 5.82 Å². The monoisotopic (exact) mass is 420 g/mol. The molecule has 0 fully saturated rings. The molecule has 1 amide bonds. The summed E-state index contributed by atoms with van der Waals surface area (Å²) in [4.78, 5) is 32.0. The zero-order valence-electron chi connectivity index (χ0n) is 17.7. The Morgan fingerprint density at radius 1 is 1.31 bits per heavy atom. The van der Waals surface area contributed by atoms with Crippen LogP contribution in [0.2, 0.25) is 0 Å². The fourth-order valence-electron chi connectivity index (χ4n) is 2.81. The van der Waals surface area contributed by atoms with E-state index in [-0.39, 0.29) is 22.5 Å². The van der Waals surface area contributed by atoms with Crippen molar-refractivity contribution in [3.05, 3.63) is 57.3 Å². The molecule has 2 rings (SSSR count). The topological polar surface area (TPSA) is 67.2 Å². The van der Waals surface area contributed by atoms with Crippen molar-refractivity contribution in [2.75, 3.05) is 27.2 Å². The molecule has 1 aromatic carbocycles. The summed E-state index contributed by atoms with van der Waals surface area (Å²) in [6.07, 6.45) is 1.02. The Bertz CT molecular complexity index is 897. The Kier molecular flexibility index (Phi) is 8.40. The van der Waals surface area contributed by atoms with Crippen LogP contribution in [-0.2, 0) is 18.3 Å². The summed E-state index contributed by atoms with van der Waals surface area (Å²) < 4.78 is 14.6. The van der Waals surface area contributed by atoms with Gasteiger partial charge in [-0.1, -0.05) is 30.8 Å². The van der Waals surface area contributed by atoms with Gasteiger partial charge in [-0.25, -0.2) is 9.37 Å². The molecule has 0 aliphatic heterocycles. The quantitative estimate of drug-likeness (QED) is 0.498. The van der Waals surface area contributed by atoms with E-state index in [9.17, 15) is 14.0 Å². The van der Waals surface area contributed by atoms with Crippen LogP contribution in [-0.4, -0.2) is 52.8 Å². The van der Waals surface area contributed by atoms with Crippen molar-refractivity contribution in [2.45, 2.75) is 37.1 Å². The SMILES string of the molecule is CCC(Sc1nc(C)c(Cc2ccc(F)cc2)c(=O)n1C)C(=O)NCCN(C)C. The molecule has 0 aliphatic rings. The van der Waals surface area contributed by atoms with Crippen molar-refractivity contribution in [1.29, 1.82) is 0 Å². The molecule has 1 unspecified atom stereocenters. The lowest BCUT2D eigenvalue weighted by Gasteiger charge is -2.18. The number of rotatable bonds is 9. The van der Waals surface area contributed by atoms with Crippen LogP contribution in [0.4, 0.5) is 4.39 Å². The molecule has 158 valence electrons. The number of nitrogens with zero attached hydrogens (tertiary/aromatic N) is 3. The van der Waals surface area contributed by atoms with E-state index in [0.717, 1.165) is 12.1 Å². The van der Waals surface area contributed by atoms with Gasteiger partial charge < -0.3 is 10.2 Å². The van der Waals surface area contributed by atoms with Crippen LogP contribution in [0.3, 0.4) is 0 Å². The summed E-state index contributed by atoms with van der Waals surface area (Å²) in [7, 11) is 5.57. The van der Waals surface area contributed by atoms with Crippen molar-refractivity contribution in [2.24, 2.45) is 7.05 Å². The number of carbonyl (C=O) groups is 1. The van der Waals surface area contributed by atoms with Gasteiger partial charge in [0.05, 0.1) is 5.25 Å². The Morgan fingerprint density at radius 3 is 2.55 bits per heavy atom. The van der Waals surface area contributed by atoms with E-state index >= 15 is 0 Å². The predicted octanol–water partition coefficient (Wildman–Crippen LogP) is 2.37. The maximum Gasteiger partial charge on any atom is 0.257 e. The van der Waals surface area contributed by atoms with Crippen LogP contribution in [0.5, 0.6) is 0 Å². The van der Waals surface area contributed by atoms with Gasteiger partial charge in [-0.15, -0.1) is 0 Å². The first-order chi connectivity index (χ1) is 13.7. The van der Waals surface area contributed by atoms with Crippen LogP contribution < -0.4 is 10.9 Å². The molecule has 0 saturated heterocycles. The van der Waals surface area contributed by atoms with E-state index < -0.39 is 0 Å². The van der Waals surface area contributed by atoms with Gasteiger partial charge in [-0.2, -0.15) is 0 Å². The van der Waals surface area contributed by atoms with Gasteiger partial charge in [-0.3, -0.25) is 14.2 Å². The Balaban J connectivity index is 2.18. The molecule has 1 N–H and O–H groups in total. The van der Waals surface area contributed by atoms with Crippen molar-refractivity contribution in [3.63, 3.8) is 0 Å². The van der Waals surface area contributed by atoms with Gasteiger partial charge in [0.25, 0.3) is 5.56 Å². The molecule has 29 heavy (non-hydrogen) atoms. The number of amides is 1. The molecule has 0 bridgehead atoms. The number of halogens is 1. The number of hydrogen-bond donors (Lipinski definition) is 1. The molecular formula is C21H29FN4O2S. The maximum absolute atomic E-state index is 13.1. The Labute approximate surface area is 175 Å². The van der Waals surface area contributed by atoms with Gasteiger partial charge in [0, 0.05) is 37.8 Å². The number of aromatic nitrogens is 2. The first kappa shape index (κ1) is 23.1. The number of thioether (sulfide) groups is 1. The molecular weight excluding hydrogens is 391 g/mol. The van der Waals surface area contributed by atoms with E-state index in [1.807, 2.05) is 25.9 Å². The summed E-state index contributed by atoms with van der Waals surface area (Å²) in [5.74, 6) is -0.362. The summed E-state index contributed by atoms with van der Waals surface area (Å²) in [5.41, 5.74) is 1.91. The Hall–Kier alpha value is -2.19. The molecule has 1 atom stereocenters. The van der Waals surface area contributed by atoms with Crippen LogP contribution in [0, 0.1) is 12.7 Å². The highest BCUT2D eigenvalue weighted by molar-refractivity contribution is 8.00. The van der Waals surface area contributed by atoms with Gasteiger partial charge in [-0.05, 0) is 45.1 Å². The third-order valence-corrected chi connectivity index (χ3v) is 6.02. The number of nitrogens with one attached hydrogen (secondary N) is 1. The van der Waals surface area contributed by atoms with E-state index in [4.69, 9.17) is 0 Å². The second-order valence-electron chi connectivity index (χ2n) is 7.23. The molecule has 2 aromatic rings. The molecule has 0 radical (unpaired) electrons. The minimum Gasteiger partial charge on any atom is -0.354 e. The fourth-order valence-corrected chi connectivity index (χ4v) is 3.85. The molecule has 0 spiro atoms. The summed E-state index contributed by atoms with van der Waals surface area (Å²) >= 11 is 1.30. The third kappa shape index (κ3) is 6.40. The largest absolute Gasteiger partial charge is 0.354 e.